The van der Waals surface area contributed by atoms with Crippen molar-refractivity contribution in [1.29, 1.82) is 0 Å². The van der Waals surface area contributed by atoms with Gasteiger partial charge in [0.1, 0.15) is 0 Å². The van der Waals surface area contributed by atoms with Crippen LogP contribution in [-0.2, 0) is 0 Å². The molecule has 0 aliphatic carbocycles. The lowest BCUT2D eigenvalue weighted by atomic mass is 10.0. The SMILES string of the molecule is CC(N)C(c1cccnc1)N1CCC(CCO)C1. The van der Waals surface area contributed by atoms with Crippen molar-refractivity contribution < 1.29 is 5.11 Å². The van der Waals surface area contributed by atoms with E-state index in [0.29, 0.717) is 5.92 Å². The maximum Gasteiger partial charge on any atom is 0.0511 e. The number of pyridine rings is 1. The number of likely N-dealkylation sites (tertiary alicyclic amines) is 1. The van der Waals surface area contributed by atoms with Gasteiger partial charge in [-0.1, -0.05) is 6.07 Å². The van der Waals surface area contributed by atoms with Crippen molar-refractivity contribution in [3.63, 3.8) is 0 Å². The molecular formula is C14H23N3O. The summed E-state index contributed by atoms with van der Waals surface area (Å²) in [5, 5.41) is 9.02. The van der Waals surface area contributed by atoms with E-state index in [9.17, 15) is 0 Å². The number of aliphatic hydroxyl groups is 1. The molecule has 3 N–H and O–H groups in total. The molecule has 0 spiro atoms. The predicted octanol–water partition coefficient (Wildman–Crippen LogP) is 1.17. The molecule has 1 saturated heterocycles. The first kappa shape index (κ1) is 13.5. The Morgan fingerprint density at radius 2 is 2.44 bits per heavy atom. The molecule has 4 heteroatoms. The molecule has 0 radical (unpaired) electrons. The third kappa shape index (κ3) is 3.07. The quantitative estimate of drug-likeness (QED) is 0.822. The Morgan fingerprint density at radius 3 is 3.06 bits per heavy atom. The van der Waals surface area contributed by atoms with Gasteiger partial charge >= 0.3 is 0 Å². The van der Waals surface area contributed by atoms with Crippen LogP contribution in [0.5, 0.6) is 0 Å². The molecule has 1 aromatic heterocycles. The van der Waals surface area contributed by atoms with Crippen LogP contribution in [0.25, 0.3) is 0 Å². The highest BCUT2D eigenvalue weighted by Gasteiger charge is 2.30. The highest BCUT2D eigenvalue weighted by Crippen LogP contribution is 2.30. The van der Waals surface area contributed by atoms with Crippen LogP contribution in [0.1, 0.15) is 31.4 Å². The molecule has 0 aromatic carbocycles. The number of aromatic nitrogens is 1. The summed E-state index contributed by atoms with van der Waals surface area (Å²) in [5.74, 6) is 0.605. The first-order chi connectivity index (χ1) is 8.72. The minimum atomic E-state index is 0.0853. The van der Waals surface area contributed by atoms with Gasteiger partial charge in [0, 0.05) is 31.6 Å². The zero-order chi connectivity index (χ0) is 13.0. The molecule has 2 heterocycles. The summed E-state index contributed by atoms with van der Waals surface area (Å²) < 4.78 is 0. The summed E-state index contributed by atoms with van der Waals surface area (Å²) in [7, 11) is 0. The molecule has 2 rings (SSSR count). The van der Waals surface area contributed by atoms with Crippen molar-refractivity contribution in [2.75, 3.05) is 19.7 Å². The molecule has 1 aromatic rings. The van der Waals surface area contributed by atoms with Crippen LogP contribution >= 0.6 is 0 Å². The summed E-state index contributed by atoms with van der Waals surface area (Å²) in [6.45, 7) is 4.43. The van der Waals surface area contributed by atoms with Gasteiger partial charge in [-0.3, -0.25) is 9.88 Å². The lowest BCUT2D eigenvalue weighted by Gasteiger charge is -2.31. The van der Waals surface area contributed by atoms with E-state index >= 15 is 0 Å². The molecule has 3 atom stereocenters. The minimum absolute atomic E-state index is 0.0853. The van der Waals surface area contributed by atoms with Gasteiger partial charge in [-0.25, -0.2) is 0 Å². The van der Waals surface area contributed by atoms with Crippen LogP contribution < -0.4 is 5.73 Å². The Hall–Kier alpha value is -0.970. The Labute approximate surface area is 109 Å². The minimum Gasteiger partial charge on any atom is -0.396 e. The zero-order valence-corrected chi connectivity index (χ0v) is 11.0. The third-order valence-electron chi connectivity index (χ3n) is 3.77. The first-order valence-corrected chi connectivity index (χ1v) is 6.72. The van der Waals surface area contributed by atoms with Crippen molar-refractivity contribution >= 4 is 0 Å². The molecule has 1 fully saturated rings. The van der Waals surface area contributed by atoms with Gasteiger partial charge in [0.15, 0.2) is 0 Å². The average molecular weight is 249 g/mol. The third-order valence-corrected chi connectivity index (χ3v) is 3.77. The largest absolute Gasteiger partial charge is 0.396 e. The van der Waals surface area contributed by atoms with E-state index in [-0.39, 0.29) is 18.7 Å². The molecule has 1 aliphatic rings. The smallest absolute Gasteiger partial charge is 0.0511 e. The lowest BCUT2D eigenvalue weighted by Crippen LogP contribution is -2.38. The van der Waals surface area contributed by atoms with Crippen LogP contribution in [-0.4, -0.2) is 40.7 Å². The molecule has 4 nitrogen and oxygen atoms in total. The van der Waals surface area contributed by atoms with E-state index < -0.39 is 0 Å². The van der Waals surface area contributed by atoms with Gasteiger partial charge in [-0.15, -0.1) is 0 Å². The second-order valence-electron chi connectivity index (χ2n) is 5.25. The lowest BCUT2D eigenvalue weighted by molar-refractivity contribution is 0.201. The van der Waals surface area contributed by atoms with E-state index in [0.717, 1.165) is 25.9 Å². The Kier molecular flexibility index (Phi) is 4.69. The maximum atomic E-state index is 9.02. The highest BCUT2D eigenvalue weighted by atomic mass is 16.3. The van der Waals surface area contributed by atoms with E-state index in [2.05, 4.69) is 22.9 Å². The number of hydrogen-bond acceptors (Lipinski definition) is 4. The Balaban J connectivity index is 2.08. The molecule has 0 bridgehead atoms. The highest BCUT2D eigenvalue weighted by molar-refractivity contribution is 5.16. The van der Waals surface area contributed by atoms with Crippen molar-refractivity contribution in [3.05, 3.63) is 30.1 Å². The van der Waals surface area contributed by atoms with Crippen molar-refractivity contribution in [2.24, 2.45) is 11.7 Å². The number of nitrogens with zero attached hydrogens (tertiary/aromatic N) is 2. The molecule has 0 saturated carbocycles. The fourth-order valence-corrected chi connectivity index (χ4v) is 2.93. The fraction of sp³-hybridized carbons (Fsp3) is 0.643. The molecule has 100 valence electrons. The van der Waals surface area contributed by atoms with Gasteiger partial charge in [0.2, 0.25) is 0 Å². The second kappa shape index (κ2) is 6.27. The zero-order valence-electron chi connectivity index (χ0n) is 11.0. The second-order valence-corrected chi connectivity index (χ2v) is 5.25. The fourth-order valence-electron chi connectivity index (χ4n) is 2.93. The van der Waals surface area contributed by atoms with E-state index in [4.69, 9.17) is 10.8 Å². The predicted molar refractivity (Wildman–Crippen MR) is 72.0 cm³/mol. The first-order valence-electron chi connectivity index (χ1n) is 6.72. The van der Waals surface area contributed by atoms with Crippen molar-refractivity contribution in [1.82, 2.24) is 9.88 Å². The monoisotopic (exact) mass is 249 g/mol. The molecule has 0 amide bonds. The van der Waals surface area contributed by atoms with Crippen LogP contribution in [0.4, 0.5) is 0 Å². The normalized spacial score (nSPS) is 24.1. The Morgan fingerprint density at radius 1 is 1.61 bits per heavy atom. The topological polar surface area (TPSA) is 62.4 Å². The summed E-state index contributed by atoms with van der Waals surface area (Å²) in [4.78, 5) is 6.63. The van der Waals surface area contributed by atoms with E-state index in [1.807, 2.05) is 12.3 Å². The summed E-state index contributed by atoms with van der Waals surface area (Å²) >= 11 is 0. The number of rotatable bonds is 5. The van der Waals surface area contributed by atoms with E-state index in [1.54, 1.807) is 6.20 Å². The van der Waals surface area contributed by atoms with Crippen molar-refractivity contribution in [3.8, 4) is 0 Å². The van der Waals surface area contributed by atoms with E-state index in [1.165, 1.54) is 5.56 Å². The van der Waals surface area contributed by atoms with Gasteiger partial charge < -0.3 is 10.8 Å². The van der Waals surface area contributed by atoms with Crippen LogP contribution in [0.15, 0.2) is 24.5 Å². The maximum absolute atomic E-state index is 9.02. The number of hydrogen-bond donors (Lipinski definition) is 2. The number of aliphatic hydroxyl groups excluding tert-OH is 1. The summed E-state index contributed by atoms with van der Waals surface area (Å²) in [5.41, 5.74) is 7.34. The number of nitrogens with two attached hydrogens (primary N) is 1. The molecule has 1 aliphatic heterocycles. The van der Waals surface area contributed by atoms with Gasteiger partial charge in [0.05, 0.1) is 6.04 Å². The Bertz CT molecular complexity index is 355. The van der Waals surface area contributed by atoms with Gasteiger partial charge in [-0.05, 0) is 43.9 Å². The molecule has 3 unspecified atom stereocenters. The molecular weight excluding hydrogens is 226 g/mol. The average Bonchev–Trinajstić information content (AvgIpc) is 2.79. The molecule has 18 heavy (non-hydrogen) atoms. The van der Waals surface area contributed by atoms with Crippen LogP contribution in [0.3, 0.4) is 0 Å². The van der Waals surface area contributed by atoms with Gasteiger partial charge in [-0.2, -0.15) is 0 Å². The summed E-state index contributed by atoms with van der Waals surface area (Å²) in [6.07, 6.45) is 5.76. The van der Waals surface area contributed by atoms with Crippen molar-refractivity contribution in [2.45, 2.75) is 31.8 Å². The van der Waals surface area contributed by atoms with Gasteiger partial charge in [0.25, 0.3) is 0 Å². The van der Waals surface area contributed by atoms with Crippen LogP contribution in [0.2, 0.25) is 0 Å². The summed E-state index contributed by atoms with van der Waals surface area (Å²) in [6, 6.07) is 4.39. The van der Waals surface area contributed by atoms with Crippen LogP contribution in [0, 0.1) is 5.92 Å². The standard InChI is InChI=1S/C14H23N3O/c1-11(15)14(13-3-2-6-16-9-13)17-7-4-12(10-17)5-8-18/h2-3,6,9,11-12,14,18H,4-5,7-8,10,15H2,1H3.